The first kappa shape index (κ1) is 19.6. The van der Waals surface area contributed by atoms with Gasteiger partial charge in [-0.05, 0) is 37.3 Å². The predicted octanol–water partition coefficient (Wildman–Crippen LogP) is 3.58. The van der Waals surface area contributed by atoms with Gasteiger partial charge in [-0.3, -0.25) is 4.79 Å². The second-order valence-electron chi connectivity index (χ2n) is 7.93. The summed E-state index contributed by atoms with van der Waals surface area (Å²) < 4.78 is 20.3. The number of piperidine rings is 1. The Kier molecular flexibility index (Phi) is 5.90. The topological polar surface area (TPSA) is 49.8 Å². The minimum Gasteiger partial charge on any atom is -0.393 e. The van der Waals surface area contributed by atoms with Crippen molar-refractivity contribution in [3.05, 3.63) is 34.6 Å². The van der Waals surface area contributed by atoms with Crippen LogP contribution < -0.4 is 0 Å². The highest BCUT2D eigenvalue weighted by Crippen LogP contribution is 2.39. The molecule has 1 amide bonds. The van der Waals surface area contributed by atoms with Gasteiger partial charge in [0.25, 0.3) is 0 Å². The molecular formula is C20H27ClFNO3. The molecule has 1 spiro atoms. The van der Waals surface area contributed by atoms with Crippen LogP contribution in [0.15, 0.2) is 18.2 Å². The van der Waals surface area contributed by atoms with Crippen LogP contribution in [0.25, 0.3) is 0 Å². The van der Waals surface area contributed by atoms with E-state index in [9.17, 15) is 14.3 Å². The number of likely N-dealkylation sites (tertiary alicyclic amines) is 1. The lowest BCUT2D eigenvalue weighted by atomic mass is 9.80. The van der Waals surface area contributed by atoms with Crippen LogP contribution in [0.1, 0.15) is 45.1 Å². The van der Waals surface area contributed by atoms with Crippen molar-refractivity contribution >= 4 is 17.5 Å². The molecule has 2 atom stereocenters. The third-order valence-electron chi connectivity index (χ3n) is 5.67. The highest BCUT2D eigenvalue weighted by molar-refractivity contribution is 6.31. The second kappa shape index (κ2) is 7.83. The van der Waals surface area contributed by atoms with Crippen LogP contribution in [0, 0.1) is 11.7 Å². The molecule has 2 aliphatic heterocycles. The van der Waals surface area contributed by atoms with E-state index >= 15 is 0 Å². The molecule has 1 aromatic rings. The maximum Gasteiger partial charge on any atom is 0.227 e. The largest absolute Gasteiger partial charge is 0.393 e. The quantitative estimate of drug-likeness (QED) is 0.867. The van der Waals surface area contributed by atoms with Crippen LogP contribution >= 0.6 is 11.6 Å². The van der Waals surface area contributed by atoms with Crippen LogP contribution in [-0.2, 0) is 16.0 Å². The Morgan fingerprint density at radius 2 is 2.12 bits per heavy atom. The lowest BCUT2D eigenvalue weighted by molar-refractivity contribution is -0.193. The van der Waals surface area contributed by atoms with Gasteiger partial charge in [-0.2, -0.15) is 0 Å². The zero-order chi connectivity index (χ0) is 18.9. The van der Waals surface area contributed by atoms with Gasteiger partial charge >= 0.3 is 0 Å². The fourth-order valence-electron chi connectivity index (χ4n) is 4.06. The Labute approximate surface area is 159 Å². The molecule has 0 radical (unpaired) electrons. The molecule has 6 heteroatoms. The van der Waals surface area contributed by atoms with E-state index in [0.717, 1.165) is 0 Å². The van der Waals surface area contributed by atoms with Gasteiger partial charge in [0.1, 0.15) is 5.82 Å². The van der Waals surface area contributed by atoms with Gasteiger partial charge in [-0.15, -0.1) is 0 Å². The molecule has 0 aromatic heterocycles. The minimum absolute atomic E-state index is 0.0311. The van der Waals surface area contributed by atoms with Crippen molar-refractivity contribution < 1.29 is 19.0 Å². The van der Waals surface area contributed by atoms with Crippen LogP contribution in [0.4, 0.5) is 4.39 Å². The van der Waals surface area contributed by atoms with Gasteiger partial charge in [0.05, 0.1) is 24.2 Å². The molecule has 1 N–H and O–H groups in total. The summed E-state index contributed by atoms with van der Waals surface area (Å²) >= 11 is 6.03. The predicted molar refractivity (Wildman–Crippen MR) is 98.6 cm³/mol. The molecule has 0 aliphatic carbocycles. The Morgan fingerprint density at radius 3 is 2.73 bits per heavy atom. The van der Waals surface area contributed by atoms with Gasteiger partial charge in [0, 0.05) is 30.1 Å². The molecule has 3 rings (SSSR count). The van der Waals surface area contributed by atoms with Crippen molar-refractivity contribution in [2.45, 2.75) is 63.8 Å². The number of carbonyl (C=O) groups is 1. The summed E-state index contributed by atoms with van der Waals surface area (Å²) in [5.41, 5.74) is -0.0948. The first-order valence-electron chi connectivity index (χ1n) is 9.36. The highest BCUT2D eigenvalue weighted by Gasteiger charge is 2.44. The highest BCUT2D eigenvalue weighted by atomic mass is 35.5. The monoisotopic (exact) mass is 383 g/mol. The Balaban J connectivity index is 1.62. The zero-order valence-corrected chi connectivity index (χ0v) is 16.1. The molecular weight excluding hydrogens is 357 g/mol. The van der Waals surface area contributed by atoms with E-state index in [1.165, 1.54) is 12.1 Å². The summed E-state index contributed by atoms with van der Waals surface area (Å²) in [6.07, 6.45) is 2.37. The number of ether oxygens (including phenoxy) is 1. The summed E-state index contributed by atoms with van der Waals surface area (Å²) in [7, 11) is 0. The fraction of sp³-hybridized carbons (Fsp3) is 0.650. The van der Waals surface area contributed by atoms with Gasteiger partial charge in [-0.25, -0.2) is 4.39 Å². The first-order valence-corrected chi connectivity index (χ1v) is 9.74. The van der Waals surface area contributed by atoms with E-state index in [4.69, 9.17) is 16.3 Å². The number of hydrogen-bond acceptors (Lipinski definition) is 3. The molecule has 2 saturated heterocycles. The van der Waals surface area contributed by atoms with E-state index in [-0.39, 0.29) is 40.7 Å². The molecule has 26 heavy (non-hydrogen) atoms. The molecule has 2 heterocycles. The average Bonchev–Trinajstić information content (AvgIpc) is 2.58. The Hall–Kier alpha value is -1.17. The number of halogens is 2. The summed E-state index contributed by atoms with van der Waals surface area (Å²) in [6, 6.07) is 4.46. The molecule has 1 aromatic carbocycles. The number of nitrogens with zero attached hydrogens (tertiary/aromatic N) is 1. The van der Waals surface area contributed by atoms with Crippen molar-refractivity contribution in [3.8, 4) is 0 Å². The molecule has 0 unspecified atom stereocenters. The van der Waals surface area contributed by atoms with Crippen molar-refractivity contribution in [2.75, 3.05) is 13.1 Å². The smallest absolute Gasteiger partial charge is 0.227 e. The van der Waals surface area contributed by atoms with Gasteiger partial charge in [0.15, 0.2) is 0 Å². The first-order chi connectivity index (χ1) is 12.3. The number of benzene rings is 1. The third-order valence-corrected chi connectivity index (χ3v) is 6.03. The number of amides is 1. The number of carbonyl (C=O) groups excluding carboxylic acids is 1. The van der Waals surface area contributed by atoms with Crippen molar-refractivity contribution in [2.24, 2.45) is 5.92 Å². The van der Waals surface area contributed by atoms with Crippen molar-refractivity contribution in [1.29, 1.82) is 0 Å². The van der Waals surface area contributed by atoms with Gasteiger partial charge < -0.3 is 14.7 Å². The fourth-order valence-corrected chi connectivity index (χ4v) is 4.29. The third kappa shape index (κ3) is 4.21. The summed E-state index contributed by atoms with van der Waals surface area (Å²) in [6.45, 7) is 5.32. The number of hydrogen-bond donors (Lipinski definition) is 1. The number of aliphatic hydroxyl groups excluding tert-OH is 1. The van der Waals surface area contributed by atoms with Crippen molar-refractivity contribution in [3.63, 3.8) is 0 Å². The summed E-state index contributed by atoms with van der Waals surface area (Å²) in [4.78, 5) is 14.3. The number of rotatable bonds is 3. The minimum atomic E-state index is -0.446. The summed E-state index contributed by atoms with van der Waals surface area (Å²) in [5, 5.41) is 10.5. The Morgan fingerprint density at radius 1 is 1.42 bits per heavy atom. The van der Waals surface area contributed by atoms with E-state index in [2.05, 4.69) is 13.8 Å². The van der Waals surface area contributed by atoms with Gasteiger partial charge in [0.2, 0.25) is 5.91 Å². The normalized spacial score (nSPS) is 25.7. The lowest BCUT2D eigenvalue weighted by Gasteiger charge is -2.48. The van der Waals surface area contributed by atoms with E-state index in [1.54, 1.807) is 11.0 Å². The van der Waals surface area contributed by atoms with E-state index < -0.39 is 5.82 Å². The lowest BCUT2D eigenvalue weighted by Crippen LogP contribution is -2.54. The van der Waals surface area contributed by atoms with Crippen LogP contribution in [0.5, 0.6) is 0 Å². The standard InChI is InChI=1S/C20H27ClFNO3/c1-13(2)18-10-14(24)12-20(26-18)6-8-23(9-7-20)19(25)11-15-16(21)4-3-5-17(15)22/h3-5,13-14,18,24H,6-12H2,1-2H3/t14-,18-/m1/s1. The SMILES string of the molecule is CC(C)[C@H]1C[C@@H](O)CC2(CCN(C(=O)Cc3c(F)cccc3Cl)CC2)O1. The molecule has 0 saturated carbocycles. The second-order valence-corrected chi connectivity index (χ2v) is 8.34. The maximum atomic E-state index is 13.9. The molecule has 144 valence electrons. The van der Waals surface area contributed by atoms with Gasteiger partial charge in [-0.1, -0.05) is 31.5 Å². The molecule has 0 bridgehead atoms. The van der Waals surface area contributed by atoms with E-state index in [1.807, 2.05) is 0 Å². The van der Waals surface area contributed by atoms with Crippen LogP contribution in [-0.4, -0.2) is 46.8 Å². The summed E-state index contributed by atoms with van der Waals surface area (Å²) in [5.74, 6) is -0.217. The Bertz CT molecular complexity index is 638. The zero-order valence-electron chi connectivity index (χ0n) is 15.4. The molecule has 2 fully saturated rings. The van der Waals surface area contributed by atoms with Crippen LogP contribution in [0.3, 0.4) is 0 Å². The molecule has 4 nitrogen and oxygen atoms in total. The van der Waals surface area contributed by atoms with Crippen LogP contribution in [0.2, 0.25) is 5.02 Å². The average molecular weight is 384 g/mol. The number of aliphatic hydroxyl groups is 1. The van der Waals surface area contributed by atoms with Crippen molar-refractivity contribution in [1.82, 2.24) is 4.90 Å². The van der Waals surface area contributed by atoms with E-state index in [0.29, 0.717) is 44.7 Å². The molecule has 2 aliphatic rings. The maximum absolute atomic E-state index is 13.9.